The van der Waals surface area contributed by atoms with Gasteiger partial charge in [0, 0.05) is 40.4 Å². The van der Waals surface area contributed by atoms with Crippen molar-refractivity contribution >= 4 is 0 Å². The van der Waals surface area contributed by atoms with Crippen molar-refractivity contribution in [3.63, 3.8) is 0 Å². The van der Waals surface area contributed by atoms with Gasteiger partial charge in [-0.05, 0) is 53.2 Å². The summed E-state index contributed by atoms with van der Waals surface area (Å²) in [6, 6.07) is 7.40. The van der Waals surface area contributed by atoms with E-state index < -0.39 is 58.0 Å². The average Bonchev–Trinajstić information content (AvgIpc) is 3.50. The van der Waals surface area contributed by atoms with E-state index in [1.54, 1.807) is 6.08 Å². The van der Waals surface area contributed by atoms with Crippen molar-refractivity contribution in [2.75, 3.05) is 6.61 Å². The van der Waals surface area contributed by atoms with Gasteiger partial charge in [-0.15, -0.1) is 5.10 Å². The maximum absolute atomic E-state index is 15.9. The molecule has 44 heavy (non-hydrogen) atoms. The number of ether oxygens (including phenoxy) is 1. The topological polar surface area (TPSA) is 86.0 Å². The summed E-state index contributed by atoms with van der Waals surface area (Å²) in [4.78, 5) is 3.80. The molecule has 2 atom stereocenters. The van der Waals surface area contributed by atoms with Gasteiger partial charge in [-0.1, -0.05) is 37.0 Å². The highest BCUT2D eigenvalue weighted by Gasteiger charge is 2.58. The first kappa shape index (κ1) is 30.5. The summed E-state index contributed by atoms with van der Waals surface area (Å²) in [7, 11) is 0. The molecule has 0 saturated heterocycles. The monoisotopic (exact) mass is 611 g/mol. The van der Waals surface area contributed by atoms with Crippen LogP contribution in [-0.2, 0) is 18.1 Å². The lowest BCUT2D eigenvalue weighted by molar-refractivity contribution is -0.207. The second-order valence-corrected chi connectivity index (χ2v) is 10.5. The summed E-state index contributed by atoms with van der Waals surface area (Å²) < 4.78 is 93.0. The molecule has 2 aromatic heterocycles. The maximum atomic E-state index is 15.9. The number of hydrogen-bond donors (Lipinski definition) is 1. The molecule has 2 heterocycles. The molecule has 0 aliphatic heterocycles. The van der Waals surface area contributed by atoms with E-state index in [0.29, 0.717) is 18.1 Å². The Morgan fingerprint density at radius 3 is 2.45 bits per heavy atom. The summed E-state index contributed by atoms with van der Waals surface area (Å²) >= 11 is 0. The predicted molar refractivity (Wildman–Crippen MR) is 145 cm³/mol. The first-order valence-electron chi connectivity index (χ1n) is 13.1. The fraction of sp³-hybridized carbons (Fsp3) is 0.226. The summed E-state index contributed by atoms with van der Waals surface area (Å²) in [6.45, 7) is 1.16. The van der Waals surface area contributed by atoms with Gasteiger partial charge in [0.15, 0.2) is 17.2 Å². The first-order valence-corrected chi connectivity index (χ1v) is 13.1. The van der Waals surface area contributed by atoms with Crippen LogP contribution in [0.25, 0.3) is 0 Å². The van der Waals surface area contributed by atoms with E-state index in [9.17, 15) is 22.7 Å². The summed E-state index contributed by atoms with van der Waals surface area (Å²) in [5.41, 5.74) is -4.52. The van der Waals surface area contributed by atoms with Crippen LogP contribution in [0.5, 0.6) is 5.75 Å². The Kier molecular flexibility index (Phi) is 8.29. The molecule has 226 valence electrons. The molecule has 0 bridgehead atoms. The largest absolute Gasteiger partial charge is 0.493 e. The Morgan fingerprint density at radius 2 is 1.82 bits per heavy atom. The van der Waals surface area contributed by atoms with E-state index in [-0.39, 0.29) is 17.9 Å². The summed E-state index contributed by atoms with van der Waals surface area (Å²) in [6.07, 6.45) is 8.07. The average molecular weight is 612 g/mol. The molecule has 0 radical (unpaired) electrons. The third-order valence-corrected chi connectivity index (χ3v) is 7.03. The normalized spacial score (nSPS) is 17.8. The molecular formula is C31H23F6N5O2. The van der Waals surface area contributed by atoms with Crippen molar-refractivity contribution < 1.29 is 36.2 Å². The smallest absolute Gasteiger partial charge is 0.323 e. The van der Waals surface area contributed by atoms with Gasteiger partial charge in [-0.25, -0.2) is 22.2 Å². The molecule has 0 fully saturated rings. The van der Waals surface area contributed by atoms with Crippen molar-refractivity contribution in [3.05, 3.63) is 125 Å². The van der Waals surface area contributed by atoms with E-state index >= 15 is 8.78 Å². The Hall–Kier alpha value is -4.96. The molecule has 0 amide bonds. The van der Waals surface area contributed by atoms with Crippen LogP contribution in [0.4, 0.5) is 26.3 Å². The number of benzene rings is 2. The number of halogens is 6. The fourth-order valence-corrected chi connectivity index (χ4v) is 4.46. The van der Waals surface area contributed by atoms with E-state index in [4.69, 9.17) is 4.74 Å². The highest BCUT2D eigenvalue weighted by atomic mass is 19.3. The van der Waals surface area contributed by atoms with Gasteiger partial charge in [-0.2, -0.15) is 8.78 Å². The number of allylic oxidation sites excluding steroid dienone is 3. The minimum atomic E-state index is -4.19. The summed E-state index contributed by atoms with van der Waals surface area (Å²) in [5.74, 6) is -2.60. The minimum Gasteiger partial charge on any atom is -0.493 e. The number of alkyl halides is 2. The van der Waals surface area contributed by atoms with Crippen LogP contribution < -0.4 is 4.74 Å². The number of tetrazole rings is 1. The SMILES string of the molecule is CC1(COc2ccc(F)c(F)c2)C=CC(C#Cc2ccc(C(F)(F)C(O)(Cn3cnnn3)c3ccc(F)cc3F)nc2)=CC1. The molecule has 7 nitrogen and oxygen atoms in total. The molecule has 1 N–H and O–H groups in total. The molecule has 1 aliphatic rings. The molecule has 5 rings (SSSR count). The van der Waals surface area contributed by atoms with Crippen LogP contribution in [0.2, 0.25) is 0 Å². The van der Waals surface area contributed by atoms with Crippen molar-refractivity contribution in [1.82, 2.24) is 25.2 Å². The lowest BCUT2D eigenvalue weighted by Crippen LogP contribution is -2.48. The quantitative estimate of drug-likeness (QED) is 0.206. The van der Waals surface area contributed by atoms with Crippen LogP contribution in [0, 0.1) is 40.5 Å². The third-order valence-electron chi connectivity index (χ3n) is 7.03. The van der Waals surface area contributed by atoms with Gasteiger partial charge in [0.05, 0.1) is 13.2 Å². The molecule has 0 saturated carbocycles. The van der Waals surface area contributed by atoms with Crippen molar-refractivity contribution in [1.29, 1.82) is 0 Å². The standard InChI is InChI=1S/C31H23F6N5O2/c1-29(18-44-23-6-8-25(33)27(35)15-23)12-10-20(11-13-29)2-3-21-4-9-28(38-16-21)31(36,37)30(43,17-42-19-39-40-41-42)24-7-5-22(32)14-26(24)34/h4-12,14-16,19,43H,13,17-18H2,1H3. The number of aromatic nitrogens is 5. The Bertz CT molecular complexity index is 1780. The first-order chi connectivity index (χ1) is 20.9. The Balaban J connectivity index is 1.30. The van der Waals surface area contributed by atoms with Crippen molar-refractivity contribution in [2.24, 2.45) is 5.41 Å². The summed E-state index contributed by atoms with van der Waals surface area (Å²) in [5, 5.41) is 21.5. The zero-order valence-corrected chi connectivity index (χ0v) is 23.0. The molecule has 4 aromatic rings. The molecular weight excluding hydrogens is 588 g/mol. The van der Waals surface area contributed by atoms with Crippen LogP contribution in [0.15, 0.2) is 84.9 Å². The van der Waals surface area contributed by atoms with Gasteiger partial charge in [0.1, 0.15) is 29.4 Å². The zero-order valence-electron chi connectivity index (χ0n) is 23.0. The maximum Gasteiger partial charge on any atom is 0.323 e. The van der Waals surface area contributed by atoms with Crippen LogP contribution >= 0.6 is 0 Å². The lowest BCUT2D eigenvalue weighted by Gasteiger charge is -2.35. The van der Waals surface area contributed by atoms with E-state index in [1.807, 2.05) is 19.1 Å². The molecule has 1 aliphatic carbocycles. The molecule has 2 aromatic carbocycles. The molecule has 0 spiro atoms. The van der Waals surface area contributed by atoms with Gasteiger partial charge in [0.25, 0.3) is 0 Å². The Labute approximate surface area is 247 Å². The number of pyridine rings is 1. The third kappa shape index (κ3) is 6.35. The molecule has 13 heteroatoms. The van der Waals surface area contributed by atoms with Gasteiger partial charge in [-0.3, -0.25) is 4.98 Å². The van der Waals surface area contributed by atoms with E-state index in [2.05, 4.69) is 32.4 Å². The van der Waals surface area contributed by atoms with Crippen molar-refractivity contribution in [3.8, 4) is 17.6 Å². The van der Waals surface area contributed by atoms with Gasteiger partial charge >= 0.3 is 5.92 Å². The highest BCUT2D eigenvalue weighted by molar-refractivity contribution is 5.46. The second kappa shape index (κ2) is 12.0. The van der Waals surface area contributed by atoms with Gasteiger partial charge in [0.2, 0.25) is 0 Å². The number of aliphatic hydroxyl groups is 1. The minimum absolute atomic E-state index is 0.200. The van der Waals surface area contributed by atoms with E-state index in [0.717, 1.165) is 47.5 Å². The second-order valence-electron chi connectivity index (χ2n) is 10.5. The van der Waals surface area contributed by atoms with Gasteiger partial charge < -0.3 is 9.84 Å². The number of nitrogens with zero attached hydrogens (tertiary/aromatic N) is 5. The van der Waals surface area contributed by atoms with E-state index in [1.165, 1.54) is 12.1 Å². The number of rotatable bonds is 8. The highest BCUT2D eigenvalue weighted by Crippen LogP contribution is 2.46. The van der Waals surface area contributed by atoms with Crippen LogP contribution in [0.1, 0.15) is 30.2 Å². The van der Waals surface area contributed by atoms with Crippen LogP contribution in [-0.4, -0.2) is 36.9 Å². The zero-order chi connectivity index (χ0) is 31.5. The lowest BCUT2D eigenvalue weighted by atomic mass is 9.83. The fourth-order valence-electron chi connectivity index (χ4n) is 4.46. The Morgan fingerprint density at radius 1 is 1.00 bits per heavy atom. The van der Waals surface area contributed by atoms with Crippen LogP contribution in [0.3, 0.4) is 0 Å². The van der Waals surface area contributed by atoms with Crippen molar-refractivity contribution in [2.45, 2.75) is 31.4 Å². The predicted octanol–water partition coefficient (Wildman–Crippen LogP) is 5.63. The number of hydrogen-bond acceptors (Lipinski definition) is 6. The molecule has 2 unspecified atom stereocenters.